The number of anilines is 1. The average molecular weight is 568 g/mol. The summed E-state index contributed by atoms with van der Waals surface area (Å²) < 4.78 is 80.6. The molecule has 0 spiro atoms. The Kier molecular flexibility index (Phi) is 8.06. The van der Waals surface area contributed by atoms with Crippen LogP contribution in [-0.4, -0.2) is 38.0 Å². The Bertz CT molecular complexity index is 1410. The van der Waals surface area contributed by atoms with Crippen molar-refractivity contribution in [2.24, 2.45) is 0 Å². The van der Waals surface area contributed by atoms with Crippen LogP contribution >= 0.6 is 12.2 Å². The first-order valence-corrected chi connectivity index (χ1v) is 11.6. The lowest BCUT2D eigenvalue weighted by molar-refractivity contribution is -0.274. The number of hydrogen-bond donors (Lipinski definition) is 3. The van der Waals surface area contributed by atoms with E-state index in [1.54, 1.807) is 24.3 Å². The molecule has 0 aliphatic heterocycles. The van der Waals surface area contributed by atoms with E-state index in [9.17, 15) is 31.4 Å². The van der Waals surface area contributed by atoms with Gasteiger partial charge in [-0.15, -0.1) is 18.3 Å². The molecule has 39 heavy (non-hydrogen) atoms. The number of hydrogen-bond acceptors (Lipinski definition) is 5. The van der Waals surface area contributed by atoms with E-state index >= 15 is 0 Å². The lowest BCUT2D eigenvalue weighted by Crippen LogP contribution is -2.34. The molecule has 1 unspecified atom stereocenters. The van der Waals surface area contributed by atoms with Gasteiger partial charge >= 0.3 is 12.5 Å². The fourth-order valence-electron chi connectivity index (χ4n) is 3.49. The summed E-state index contributed by atoms with van der Waals surface area (Å²) in [4.78, 5) is 4.22. The molecule has 0 aliphatic carbocycles. The third-order valence-electron chi connectivity index (χ3n) is 5.36. The van der Waals surface area contributed by atoms with Crippen LogP contribution in [0, 0.1) is 0 Å². The van der Waals surface area contributed by atoms with Gasteiger partial charge in [0.1, 0.15) is 12.1 Å². The molecule has 0 bridgehead atoms. The molecule has 0 radical (unpaired) electrons. The molecule has 0 amide bonds. The van der Waals surface area contributed by atoms with E-state index < -0.39 is 30.8 Å². The minimum Gasteiger partial charge on any atom is -0.406 e. The molecule has 3 N–H and O–H groups in total. The van der Waals surface area contributed by atoms with E-state index in [1.807, 2.05) is 0 Å². The van der Waals surface area contributed by atoms with Crippen LogP contribution in [-0.2, 0) is 6.18 Å². The van der Waals surface area contributed by atoms with Crippen molar-refractivity contribution in [2.45, 2.75) is 18.6 Å². The highest BCUT2D eigenvalue weighted by molar-refractivity contribution is 7.80. The topological polar surface area (TPSA) is 84.2 Å². The average Bonchev–Trinajstić information content (AvgIpc) is 3.37. The predicted octanol–water partition coefficient (Wildman–Crippen LogP) is 5.87. The highest BCUT2D eigenvalue weighted by Gasteiger charge is 2.31. The number of nitrogens with one attached hydrogen (secondary N) is 2. The first-order chi connectivity index (χ1) is 18.4. The third kappa shape index (κ3) is 7.45. The molecule has 1 heterocycles. The number of aromatic nitrogens is 3. The number of alkyl halides is 6. The largest absolute Gasteiger partial charge is 0.573 e. The molecular formula is C25H19F6N5O2S. The van der Waals surface area contributed by atoms with Crippen LogP contribution in [0.25, 0.3) is 17.1 Å². The van der Waals surface area contributed by atoms with E-state index in [-0.39, 0.29) is 10.9 Å². The van der Waals surface area contributed by atoms with Gasteiger partial charge in [0.15, 0.2) is 10.9 Å². The van der Waals surface area contributed by atoms with Gasteiger partial charge in [-0.3, -0.25) is 0 Å². The second-order valence-electron chi connectivity index (χ2n) is 8.09. The second kappa shape index (κ2) is 11.3. The van der Waals surface area contributed by atoms with Crippen molar-refractivity contribution in [2.75, 3.05) is 11.9 Å². The summed E-state index contributed by atoms with van der Waals surface area (Å²) >= 11 is 5.27. The van der Waals surface area contributed by atoms with Gasteiger partial charge < -0.3 is 20.5 Å². The molecule has 14 heteroatoms. The van der Waals surface area contributed by atoms with Gasteiger partial charge in [-0.25, -0.2) is 9.67 Å². The number of benzene rings is 3. The van der Waals surface area contributed by atoms with E-state index in [2.05, 4.69) is 25.5 Å². The van der Waals surface area contributed by atoms with Crippen LogP contribution in [0.2, 0.25) is 0 Å². The number of rotatable bonds is 7. The molecule has 0 fully saturated rings. The molecule has 0 saturated carbocycles. The summed E-state index contributed by atoms with van der Waals surface area (Å²) in [6.45, 7) is -0.404. The Balaban J connectivity index is 1.36. The van der Waals surface area contributed by atoms with Crippen LogP contribution in [0.15, 0.2) is 79.1 Å². The molecule has 204 valence electrons. The molecule has 4 aromatic rings. The fourth-order valence-corrected chi connectivity index (χ4v) is 3.75. The lowest BCUT2D eigenvalue weighted by Gasteiger charge is -2.20. The molecule has 4 rings (SSSR count). The van der Waals surface area contributed by atoms with E-state index in [4.69, 9.17) is 12.2 Å². The summed E-state index contributed by atoms with van der Waals surface area (Å²) in [7, 11) is 0. The van der Waals surface area contributed by atoms with Crippen molar-refractivity contribution >= 4 is 23.0 Å². The molecule has 0 saturated heterocycles. The number of aliphatic hydroxyl groups excluding tert-OH is 1. The quantitative estimate of drug-likeness (QED) is 0.190. The highest BCUT2D eigenvalue weighted by atomic mass is 32.1. The van der Waals surface area contributed by atoms with Crippen molar-refractivity contribution in [1.29, 1.82) is 0 Å². The minimum atomic E-state index is -4.78. The van der Waals surface area contributed by atoms with Gasteiger partial charge in [-0.05, 0) is 78.4 Å². The SMILES string of the molecule is OCC(NC(=S)Nc1ccc(-c2ncn(-c3ccc(OC(F)(F)F)cc3)n2)cc1)c1ccc(C(F)(F)F)cc1. The van der Waals surface area contributed by atoms with E-state index in [0.717, 1.165) is 12.1 Å². The van der Waals surface area contributed by atoms with Crippen LogP contribution in [0.3, 0.4) is 0 Å². The molecule has 1 aromatic heterocycles. The number of nitrogens with zero attached hydrogens (tertiary/aromatic N) is 3. The molecule has 3 aromatic carbocycles. The Morgan fingerprint density at radius 2 is 1.56 bits per heavy atom. The maximum Gasteiger partial charge on any atom is 0.573 e. The minimum absolute atomic E-state index is 0.141. The van der Waals surface area contributed by atoms with Gasteiger partial charge in [-0.2, -0.15) is 13.2 Å². The van der Waals surface area contributed by atoms with Crippen molar-refractivity contribution < 1.29 is 36.2 Å². The van der Waals surface area contributed by atoms with E-state index in [1.165, 1.54) is 47.4 Å². The maximum absolute atomic E-state index is 12.8. The van der Waals surface area contributed by atoms with Gasteiger partial charge in [-0.1, -0.05) is 12.1 Å². The zero-order chi connectivity index (χ0) is 28.2. The Hall–Kier alpha value is -4.17. The maximum atomic E-state index is 12.8. The fraction of sp³-hybridized carbons (Fsp3) is 0.160. The number of thiocarbonyl (C=S) groups is 1. The number of ether oxygens (including phenoxy) is 1. The molecular weight excluding hydrogens is 548 g/mol. The zero-order valence-electron chi connectivity index (χ0n) is 19.7. The predicted molar refractivity (Wildman–Crippen MR) is 134 cm³/mol. The Morgan fingerprint density at radius 1 is 0.923 bits per heavy atom. The lowest BCUT2D eigenvalue weighted by atomic mass is 10.1. The van der Waals surface area contributed by atoms with Crippen LogP contribution in [0.1, 0.15) is 17.2 Å². The summed E-state index contributed by atoms with van der Waals surface area (Å²) in [6, 6.07) is 15.6. The standard InChI is InChI=1S/C25H19F6N5O2S/c26-24(27,28)17-5-1-15(2-6-17)21(13-37)34-23(39)33-18-7-3-16(4-8-18)22-32-14-36(35-22)19-9-11-20(12-10-19)38-25(29,30)31/h1-12,14,21,37H,13H2,(H2,33,34,39). The van der Waals surface area contributed by atoms with Crippen LogP contribution in [0.5, 0.6) is 5.75 Å². The summed E-state index contributed by atoms with van der Waals surface area (Å²) in [5.74, 6) is 0.00673. The Labute approximate surface area is 223 Å². The van der Waals surface area contributed by atoms with Crippen molar-refractivity contribution in [3.05, 3.63) is 90.3 Å². The van der Waals surface area contributed by atoms with Crippen molar-refractivity contribution in [1.82, 2.24) is 20.1 Å². The third-order valence-corrected chi connectivity index (χ3v) is 5.58. The highest BCUT2D eigenvalue weighted by Crippen LogP contribution is 2.30. The van der Waals surface area contributed by atoms with Crippen molar-refractivity contribution in [3.63, 3.8) is 0 Å². The summed E-state index contributed by atoms with van der Waals surface area (Å²) in [5.41, 5.74) is 1.34. The molecule has 1 atom stereocenters. The number of aliphatic hydroxyl groups is 1. The van der Waals surface area contributed by atoms with Gasteiger partial charge in [0.2, 0.25) is 0 Å². The monoisotopic (exact) mass is 567 g/mol. The van der Waals surface area contributed by atoms with Gasteiger partial charge in [0, 0.05) is 11.3 Å². The number of halogens is 6. The smallest absolute Gasteiger partial charge is 0.406 e. The first kappa shape index (κ1) is 27.9. The van der Waals surface area contributed by atoms with Crippen molar-refractivity contribution in [3.8, 4) is 22.8 Å². The van der Waals surface area contributed by atoms with Crippen LogP contribution < -0.4 is 15.4 Å². The molecule has 0 aliphatic rings. The van der Waals surface area contributed by atoms with E-state index in [0.29, 0.717) is 28.3 Å². The normalized spacial score (nSPS) is 12.6. The summed E-state index contributed by atoms with van der Waals surface area (Å²) in [6.07, 6.45) is -7.83. The first-order valence-electron chi connectivity index (χ1n) is 11.1. The zero-order valence-corrected chi connectivity index (χ0v) is 20.5. The molecule has 7 nitrogen and oxygen atoms in total. The van der Waals surface area contributed by atoms with Crippen LogP contribution in [0.4, 0.5) is 32.0 Å². The summed E-state index contributed by atoms with van der Waals surface area (Å²) in [5, 5.41) is 20.0. The Morgan fingerprint density at radius 3 is 2.13 bits per heavy atom. The van der Waals surface area contributed by atoms with Gasteiger partial charge in [0.25, 0.3) is 0 Å². The second-order valence-corrected chi connectivity index (χ2v) is 8.49. The van der Waals surface area contributed by atoms with Gasteiger partial charge in [0.05, 0.1) is 23.9 Å².